The lowest BCUT2D eigenvalue weighted by molar-refractivity contribution is 0.370. The van der Waals surface area contributed by atoms with Crippen LogP contribution < -0.4 is 5.56 Å². The van der Waals surface area contributed by atoms with Crippen LogP contribution >= 0.6 is 0 Å². The summed E-state index contributed by atoms with van der Waals surface area (Å²) in [6.45, 7) is 3.94. The molecule has 0 bridgehead atoms. The van der Waals surface area contributed by atoms with Gasteiger partial charge in [0.15, 0.2) is 0 Å². The first-order valence-electron chi connectivity index (χ1n) is 9.44. The molecule has 0 aliphatic carbocycles. The molecular weight excluding hydrogens is 350 g/mol. The molecule has 5 heterocycles. The Morgan fingerprint density at radius 2 is 1.79 bits per heavy atom. The van der Waals surface area contributed by atoms with Gasteiger partial charge < -0.3 is 9.30 Å². The molecule has 6 heteroatoms. The fraction of sp³-hybridized carbons (Fsp3) is 0.227. The standard InChI is InChI=1S/C22H21N5O/c1-15-12-26-13-18(4-5-20(26)23-15)19-11-22(28)27-14-17(3-6-21(27)24-19)16-7-9-25(2)10-8-16/h3-7,11-14H,8-10H2,1-2H3. The first-order valence-corrected chi connectivity index (χ1v) is 9.44. The first-order chi connectivity index (χ1) is 13.6. The van der Waals surface area contributed by atoms with E-state index < -0.39 is 0 Å². The second-order valence-electron chi connectivity index (χ2n) is 7.43. The monoisotopic (exact) mass is 371 g/mol. The van der Waals surface area contributed by atoms with Gasteiger partial charge in [-0.15, -0.1) is 0 Å². The van der Waals surface area contributed by atoms with Crippen molar-refractivity contribution in [1.29, 1.82) is 0 Å². The highest BCUT2D eigenvalue weighted by atomic mass is 16.1. The number of hydrogen-bond acceptors (Lipinski definition) is 4. The predicted octanol–water partition coefficient (Wildman–Crippen LogP) is 3.04. The molecule has 0 fully saturated rings. The highest BCUT2D eigenvalue weighted by Gasteiger charge is 2.12. The Morgan fingerprint density at radius 1 is 0.964 bits per heavy atom. The fourth-order valence-corrected chi connectivity index (χ4v) is 3.74. The van der Waals surface area contributed by atoms with Crippen LogP contribution in [0.25, 0.3) is 28.1 Å². The topological polar surface area (TPSA) is 54.9 Å². The first kappa shape index (κ1) is 16.9. The number of hydrogen-bond donors (Lipinski definition) is 0. The van der Waals surface area contributed by atoms with E-state index in [4.69, 9.17) is 4.98 Å². The van der Waals surface area contributed by atoms with Crippen molar-refractivity contribution in [3.05, 3.63) is 76.6 Å². The average Bonchev–Trinajstić information content (AvgIpc) is 3.07. The van der Waals surface area contributed by atoms with Gasteiger partial charge in [-0.3, -0.25) is 9.20 Å². The van der Waals surface area contributed by atoms with Crippen molar-refractivity contribution in [3.63, 3.8) is 0 Å². The zero-order valence-corrected chi connectivity index (χ0v) is 16.0. The van der Waals surface area contributed by atoms with Crippen LogP contribution in [0.15, 0.2) is 59.8 Å². The Hall–Kier alpha value is -3.25. The molecule has 0 aromatic carbocycles. The van der Waals surface area contributed by atoms with Gasteiger partial charge in [0.25, 0.3) is 5.56 Å². The van der Waals surface area contributed by atoms with E-state index in [0.717, 1.165) is 42.0 Å². The number of aromatic nitrogens is 4. The summed E-state index contributed by atoms with van der Waals surface area (Å²) >= 11 is 0. The minimum Gasteiger partial charge on any atom is -0.306 e. The van der Waals surface area contributed by atoms with Crippen LogP contribution in [0.3, 0.4) is 0 Å². The van der Waals surface area contributed by atoms with E-state index in [-0.39, 0.29) is 5.56 Å². The molecule has 140 valence electrons. The number of nitrogens with zero attached hydrogens (tertiary/aromatic N) is 5. The second-order valence-corrected chi connectivity index (χ2v) is 7.43. The molecule has 0 saturated heterocycles. The normalized spacial score (nSPS) is 15.3. The van der Waals surface area contributed by atoms with Crippen LogP contribution in [0.4, 0.5) is 0 Å². The largest absolute Gasteiger partial charge is 0.306 e. The van der Waals surface area contributed by atoms with Crippen molar-refractivity contribution >= 4 is 16.9 Å². The number of pyridine rings is 2. The van der Waals surface area contributed by atoms with E-state index in [9.17, 15) is 4.79 Å². The zero-order valence-electron chi connectivity index (χ0n) is 16.0. The van der Waals surface area contributed by atoms with Crippen LogP contribution in [0, 0.1) is 6.92 Å². The van der Waals surface area contributed by atoms with Gasteiger partial charge in [-0.05, 0) is 55.8 Å². The summed E-state index contributed by atoms with van der Waals surface area (Å²) in [5.74, 6) is 0. The van der Waals surface area contributed by atoms with Gasteiger partial charge in [0.05, 0.1) is 11.4 Å². The lowest BCUT2D eigenvalue weighted by Crippen LogP contribution is -2.24. The quantitative estimate of drug-likeness (QED) is 0.543. The molecule has 6 nitrogen and oxygen atoms in total. The van der Waals surface area contributed by atoms with Gasteiger partial charge in [-0.25, -0.2) is 9.97 Å². The van der Waals surface area contributed by atoms with Crippen molar-refractivity contribution in [2.75, 3.05) is 20.1 Å². The fourth-order valence-electron chi connectivity index (χ4n) is 3.74. The third kappa shape index (κ3) is 2.92. The van der Waals surface area contributed by atoms with Gasteiger partial charge in [0.2, 0.25) is 0 Å². The number of fused-ring (bicyclic) bond motifs is 2. The second kappa shape index (κ2) is 6.42. The predicted molar refractivity (Wildman–Crippen MR) is 110 cm³/mol. The number of likely N-dealkylation sites (N-methyl/N-ethyl adjacent to an activating group) is 1. The van der Waals surface area contributed by atoms with E-state index >= 15 is 0 Å². The Bertz CT molecular complexity index is 1300. The summed E-state index contributed by atoms with van der Waals surface area (Å²) in [5, 5.41) is 0. The molecule has 28 heavy (non-hydrogen) atoms. The molecule has 0 N–H and O–H groups in total. The Labute approximate surface area is 162 Å². The molecule has 1 aliphatic heterocycles. The average molecular weight is 371 g/mol. The van der Waals surface area contributed by atoms with Gasteiger partial charge in [0, 0.05) is 43.3 Å². The van der Waals surface area contributed by atoms with Gasteiger partial charge in [-0.2, -0.15) is 0 Å². The van der Waals surface area contributed by atoms with E-state index in [1.165, 1.54) is 5.57 Å². The van der Waals surface area contributed by atoms with Crippen LogP contribution in [-0.2, 0) is 0 Å². The number of aryl methyl sites for hydroxylation is 1. The Kier molecular flexibility index (Phi) is 3.87. The van der Waals surface area contributed by atoms with Crippen LogP contribution in [0.5, 0.6) is 0 Å². The summed E-state index contributed by atoms with van der Waals surface area (Å²) in [4.78, 5) is 24.2. The van der Waals surface area contributed by atoms with Crippen molar-refractivity contribution in [1.82, 2.24) is 23.7 Å². The maximum absolute atomic E-state index is 12.8. The highest BCUT2D eigenvalue weighted by molar-refractivity contribution is 5.68. The molecule has 0 atom stereocenters. The van der Waals surface area contributed by atoms with Crippen molar-refractivity contribution in [2.24, 2.45) is 0 Å². The van der Waals surface area contributed by atoms with Crippen LogP contribution in [0.2, 0.25) is 0 Å². The molecule has 1 aliphatic rings. The van der Waals surface area contributed by atoms with E-state index in [2.05, 4.69) is 29.1 Å². The summed E-state index contributed by atoms with van der Waals surface area (Å²) in [6.07, 6.45) is 9.07. The molecular formula is C22H21N5O. The lowest BCUT2D eigenvalue weighted by Gasteiger charge is -2.22. The smallest absolute Gasteiger partial charge is 0.258 e. The minimum atomic E-state index is -0.0720. The molecule has 0 radical (unpaired) electrons. The zero-order chi connectivity index (χ0) is 19.3. The van der Waals surface area contributed by atoms with E-state index in [1.54, 1.807) is 10.5 Å². The summed E-state index contributed by atoms with van der Waals surface area (Å²) in [5.41, 5.74) is 6.37. The molecule has 0 unspecified atom stereocenters. The number of rotatable bonds is 2. The Balaban J connectivity index is 1.58. The van der Waals surface area contributed by atoms with Gasteiger partial charge in [-0.1, -0.05) is 6.08 Å². The molecule has 0 spiro atoms. The maximum Gasteiger partial charge on any atom is 0.258 e. The molecule has 4 aromatic heterocycles. The van der Waals surface area contributed by atoms with Gasteiger partial charge in [0.1, 0.15) is 11.3 Å². The van der Waals surface area contributed by atoms with Crippen LogP contribution in [-0.4, -0.2) is 43.8 Å². The summed E-state index contributed by atoms with van der Waals surface area (Å²) in [6, 6.07) is 9.49. The minimum absolute atomic E-state index is 0.0720. The van der Waals surface area contributed by atoms with E-state index in [0.29, 0.717) is 11.3 Å². The molecule has 0 saturated carbocycles. The number of imidazole rings is 1. The Morgan fingerprint density at radius 3 is 2.61 bits per heavy atom. The summed E-state index contributed by atoms with van der Waals surface area (Å²) in [7, 11) is 2.12. The van der Waals surface area contributed by atoms with Crippen LogP contribution in [0.1, 0.15) is 17.7 Å². The molecule has 5 rings (SSSR count). The van der Waals surface area contributed by atoms with Crippen molar-refractivity contribution in [3.8, 4) is 11.3 Å². The third-order valence-corrected chi connectivity index (χ3v) is 5.31. The SMILES string of the molecule is Cc1cn2cc(-c3cc(=O)n4cc(C5=CCN(C)CC5)ccc4n3)ccc2n1. The van der Waals surface area contributed by atoms with Gasteiger partial charge >= 0.3 is 0 Å². The van der Waals surface area contributed by atoms with E-state index in [1.807, 2.05) is 48.1 Å². The van der Waals surface area contributed by atoms with Crippen molar-refractivity contribution in [2.45, 2.75) is 13.3 Å². The molecule has 4 aromatic rings. The maximum atomic E-state index is 12.8. The third-order valence-electron chi connectivity index (χ3n) is 5.31. The lowest BCUT2D eigenvalue weighted by atomic mass is 10.0. The highest BCUT2D eigenvalue weighted by Crippen LogP contribution is 2.23. The van der Waals surface area contributed by atoms with Crippen molar-refractivity contribution < 1.29 is 0 Å². The molecule has 0 amide bonds. The summed E-state index contributed by atoms with van der Waals surface area (Å²) < 4.78 is 3.60.